The fourth-order valence-electron chi connectivity index (χ4n) is 3.26. The summed E-state index contributed by atoms with van der Waals surface area (Å²) in [5, 5.41) is 5.83. The van der Waals surface area contributed by atoms with E-state index in [-0.39, 0.29) is 12.5 Å². The van der Waals surface area contributed by atoms with Gasteiger partial charge < -0.3 is 15.0 Å². The lowest BCUT2D eigenvalue weighted by Crippen LogP contribution is -2.20. The Hall–Kier alpha value is -2.98. The van der Waals surface area contributed by atoms with Crippen LogP contribution in [0.4, 0.5) is 5.69 Å². The number of rotatable bonds is 4. The first-order valence-electron chi connectivity index (χ1n) is 8.71. The number of anilines is 1. The molecule has 0 atom stereocenters. The number of H-pyrrole nitrogens is 1. The van der Waals surface area contributed by atoms with E-state index >= 15 is 0 Å². The van der Waals surface area contributed by atoms with Crippen LogP contribution in [-0.4, -0.2) is 17.5 Å². The summed E-state index contributed by atoms with van der Waals surface area (Å²) in [5.74, 6) is 0.427. The van der Waals surface area contributed by atoms with E-state index in [2.05, 4.69) is 16.4 Å². The topological polar surface area (TPSA) is 54.1 Å². The van der Waals surface area contributed by atoms with Crippen LogP contribution in [0.25, 0.3) is 21.8 Å². The maximum atomic E-state index is 12.3. The molecule has 0 bridgehead atoms. The van der Waals surface area contributed by atoms with Crippen molar-refractivity contribution >= 4 is 45.0 Å². The second-order valence-corrected chi connectivity index (χ2v) is 7.02. The van der Waals surface area contributed by atoms with Gasteiger partial charge in [0.05, 0.1) is 0 Å². The molecular weight excluding hydrogens is 360 g/mol. The van der Waals surface area contributed by atoms with Gasteiger partial charge in [-0.05, 0) is 61.4 Å². The quantitative estimate of drug-likeness (QED) is 0.485. The molecule has 0 aliphatic rings. The number of aromatic amines is 1. The van der Waals surface area contributed by atoms with E-state index in [9.17, 15) is 4.79 Å². The summed E-state index contributed by atoms with van der Waals surface area (Å²) in [6.45, 7) is 3.77. The van der Waals surface area contributed by atoms with Crippen LogP contribution in [0.15, 0.2) is 54.6 Å². The zero-order chi connectivity index (χ0) is 19.0. The van der Waals surface area contributed by atoms with Crippen LogP contribution in [0.5, 0.6) is 5.75 Å². The summed E-state index contributed by atoms with van der Waals surface area (Å²) in [7, 11) is 0. The highest BCUT2D eigenvalue weighted by molar-refractivity contribution is 6.32. The number of ether oxygens (including phenoxy) is 1. The third-order valence-corrected chi connectivity index (χ3v) is 5.17. The number of para-hydroxylation sites is 1. The maximum Gasteiger partial charge on any atom is 0.262 e. The molecule has 0 aliphatic heterocycles. The molecule has 27 heavy (non-hydrogen) atoms. The van der Waals surface area contributed by atoms with Crippen LogP contribution in [0.3, 0.4) is 0 Å². The van der Waals surface area contributed by atoms with E-state index in [0.717, 1.165) is 43.6 Å². The van der Waals surface area contributed by atoms with Gasteiger partial charge in [0.15, 0.2) is 6.61 Å². The van der Waals surface area contributed by atoms with Crippen molar-refractivity contribution in [3.8, 4) is 5.75 Å². The van der Waals surface area contributed by atoms with Crippen molar-refractivity contribution < 1.29 is 9.53 Å². The van der Waals surface area contributed by atoms with Gasteiger partial charge in [0.25, 0.3) is 5.91 Å². The molecule has 1 amide bonds. The molecule has 4 rings (SSSR count). The molecule has 0 unspecified atom stereocenters. The van der Waals surface area contributed by atoms with Gasteiger partial charge in [-0.3, -0.25) is 4.79 Å². The van der Waals surface area contributed by atoms with E-state index in [4.69, 9.17) is 16.3 Å². The minimum atomic E-state index is -0.209. The Bertz CT molecular complexity index is 1140. The zero-order valence-corrected chi connectivity index (χ0v) is 15.9. The third-order valence-electron chi connectivity index (χ3n) is 4.57. The van der Waals surface area contributed by atoms with Crippen molar-refractivity contribution in [2.75, 3.05) is 11.9 Å². The Morgan fingerprint density at radius 2 is 1.70 bits per heavy atom. The zero-order valence-electron chi connectivity index (χ0n) is 15.1. The van der Waals surface area contributed by atoms with Crippen molar-refractivity contribution in [1.82, 2.24) is 4.98 Å². The SMILES string of the molecule is Cc1cc(OCC(=O)Nc2ccc3[nH]c4ccccc4c3c2)cc(C)c1Cl. The van der Waals surface area contributed by atoms with Gasteiger partial charge in [-0.25, -0.2) is 0 Å². The Morgan fingerprint density at radius 1 is 1.00 bits per heavy atom. The number of nitrogens with one attached hydrogen (secondary N) is 2. The Balaban J connectivity index is 1.48. The van der Waals surface area contributed by atoms with Gasteiger partial charge in [0.2, 0.25) is 0 Å². The van der Waals surface area contributed by atoms with Crippen LogP contribution < -0.4 is 10.1 Å². The monoisotopic (exact) mass is 378 g/mol. The molecular formula is C22H19ClN2O2. The number of aryl methyl sites for hydroxylation is 2. The largest absolute Gasteiger partial charge is 0.484 e. The molecule has 0 aliphatic carbocycles. The highest BCUT2D eigenvalue weighted by atomic mass is 35.5. The van der Waals surface area contributed by atoms with Gasteiger partial charge in [0, 0.05) is 32.5 Å². The van der Waals surface area contributed by atoms with Crippen molar-refractivity contribution in [3.05, 3.63) is 70.7 Å². The van der Waals surface area contributed by atoms with Crippen molar-refractivity contribution in [2.45, 2.75) is 13.8 Å². The highest BCUT2D eigenvalue weighted by Crippen LogP contribution is 2.28. The van der Waals surface area contributed by atoms with Gasteiger partial charge in [-0.1, -0.05) is 29.8 Å². The number of fused-ring (bicyclic) bond motifs is 3. The molecule has 1 heterocycles. The first-order chi connectivity index (χ1) is 13.0. The second kappa shape index (κ2) is 6.97. The predicted molar refractivity (Wildman–Crippen MR) is 111 cm³/mol. The summed E-state index contributed by atoms with van der Waals surface area (Å²) in [5.41, 5.74) is 4.71. The van der Waals surface area contributed by atoms with Crippen molar-refractivity contribution in [3.63, 3.8) is 0 Å². The van der Waals surface area contributed by atoms with Crippen LogP contribution >= 0.6 is 11.6 Å². The summed E-state index contributed by atoms with van der Waals surface area (Å²) in [6, 6.07) is 17.6. The average molecular weight is 379 g/mol. The van der Waals surface area contributed by atoms with Gasteiger partial charge >= 0.3 is 0 Å². The number of hydrogen-bond acceptors (Lipinski definition) is 2. The molecule has 0 radical (unpaired) electrons. The standard InChI is InChI=1S/C22H19ClN2O2/c1-13-9-16(10-14(2)22(13)23)27-12-21(26)24-15-7-8-20-18(11-15)17-5-3-4-6-19(17)25-20/h3-11,25H,12H2,1-2H3,(H,24,26). The predicted octanol–water partition coefficient (Wildman–Crippen LogP) is 5.61. The molecule has 0 saturated carbocycles. The number of halogens is 1. The number of benzene rings is 3. The third kappa shape index (κ3) is 3.49. The first kappa shape index (κ1) is 17.4. The lowest BCUT2D eigenvalue weighted by Gasteiger charge is -2.10. The fraction of sp³-hybridized carbons (Fsp3) is 0.136. The minimum Gasteiger partial charge on any atom is -0.484 e. The van der Waals surface area contributed by atoms with E-state index in [1.165, 1.54) is 0 Å². The Morgan fingerprint density at radius 3 is 2.48 bits per heavy atom. The minimum absolute atomic E-state index is 0.0631. The lowest BCUT2D eigenvalue weighted by molar-refractivity contribution is -0.118. The number of carbonyl (C=O) groups excluding carboxylic acids is 1. The van der Waals surface area contributed by atoms with Crippen LogP contribution in [0.1, 0.15) is 11.1 Å². The summed E-state index contributed by atoms with van der Waals surface area (Å²) in [6.07, 6.45) is 0. The summed E-state index contributed by atoms with van der Waals surface area (Å²) >= 11 is 6.16. The Labute approximate surface area is 162 Å². The fourth-order valence-corrected chi connectivity index (χ4v) is 3.37. The molecule has 0 spiro atoms. The molecule has 5 heteroatoms. The van der Waals surface area contributed by atoms with Crippen molar-refractivity contribution in [1.29, 1.82) is 0 Å². The molecule has 2 N–H and O–H groups in total. The van der Waals surface area contributed by atoms with E-state index in [1.54, 1.807) is 0 Å². The number of amides is 1. The smallest absolute Gasteiger partial charge is 0.262 e. The van der Waals surface area contributed by atoms with E-state index in [1.807, 2.05) is 62.4 Å². The molecule has 4 aromatic rings. The number of carbonyl (C=O) groups is 1. The molecule has 1 aromatic heterocycles. The van der Waals surface area contributed by atoms with Crippen LogP contribution in [0, 0.1) is 13.8 Å². The first-order valence-corrected chi connectivity index (χ1v) is 9.09. The van der Waals surface area contributed by atoms with Gasteiger partial charge in [0.1, 0.15) is 5.75 Å². The average Bonchev–Trinajstić information content (AvgIpc) is 3.02. The van der Waals surface area contributed by atoms with Gasteiger partial charge in [-0.15, -0.1) is 0 Å². The molecule has 136 valence electrons. The molecule has 0 saturated heterocycles. The number of hydrogen-bond donors (Lipinski definition) is 2. The second-order valence-electron chi connectivity index (χ2n) is 6.64. The van der Waals surface area contributed by atoms with Crippen molar-refractivity contribution in [2.24, 2.45) is 0 Å². The number of aromatic nitrogens is 1. The molecule has 0 fully saturated rings. The van der Waals surface area contributed by atoms with Gasteiger partial charge in [-0.2, -0.15) is 0 Å². The lowest BCUT2D eigenvalue weighted by atomic mass is 10.1. The van der Waals surface area contributed by atoms with E-state index < -0.39 is 0 Å². The van der Waals surface area contributed by atoms with Crippen LogP contribution in [-0.2, 0) is 4.79 Å². The maximum absolute atomic E-state index is 12.3. The van der Waals surface area contributed by atoms with Crippen LogP contribution in [0.2, 0.25) is 5.02 Å². The molecule has 4 nitrogen and oxygen atoms in total. The van der Waals surface area contributed by atoms with E-state index in [0.29, 0.717) is 5.75 Å². The Kier molecular flexibility index (Phi) is 4.50. The summed E-state index contributed by atoms with van der Waals surface area (Å²) < 4.78 is 5.62. The molecule has 3 aromatic carbocycles. The summed E-state index contributed by atoms with van der Waals surface area (Å²) in [4.78, 5) is 15.7. The normalized spacial score (nSPS) is 11.1. The highest BCUT2D eigenvalue weighted by Gasteiger charge is 2.09.